The van der Waals surface area contributed by atoms with Gasteiger partial charge in [0.15, 0.2) is 0 Å². The highest BCUT2D eigenvalue weighted by Gasteiger charge is 2.13. The molecule has 2 aromatic rings. The van der Waals surface area contributed by atoms with Gasteiger partial charge in [-0.1, -0.05) is 0 Å². The van der Waals surface area contributed by atoms with E-state index in [1.807, 2.05) is 24.1 Å². The van der Waals surface area contributed by atoms with Gasteiger partial charge in [-0.25, -0.2) is 9.78 Å². The van der Waals surface area contributed by atoms with Gasteiger partial charge in [-0.15, -0.1) is 0 Å². The number of ether oxygens (including phenoxy) is 1. The van der Waals surface area contributed by atoms with E-state index in [9.17, 15) is 4.79 Å². The second-order valence-electron chi connectivity index (χ2n) is 4.65. The third kappa shape index (κ3) is 3.68. The van der Waals surface area contributed by atoms with E-state index in [1.54, 1.807) is 18.5 Å². The maximum Gasteiger partial charge on any atom is 0.340 e. The molecule has 0 aliphatic carbocycles. The highest BCUT2D eigenvalue weighted by Crippen LogP contribution is 2.18. The molecule has 110 valence electrons. The second kappa shape index (κ2) is 6.69. The minimum atomic E-state index is -0.460. The van der Waals surface area contributed by atoms with Crippen molar-refractivity contribution in [3.63, 3.8) is 0 Å². The molecule has 6 heteroatoms. The molecule has 2 rings (SSSR count). The van der Waals surface area contributed by atoms with Crippen LogP contribution in [0, 0.1) is 0 Å². The number of nitrogen functional groups attached to an aromatic ring is 1. The number of hydrogen-bond acceptors (Lipinski definition) is 6. The number of methoxy groups -OCH3 is 1. The molecule has 0 saturated heterocycles. The predicted molar refractivity (Wildman–Crippen MR) is 81.2 cm³/mol. The molecule has 0 spiro atoms. The first kappa shape index (κ1) is 14.8. The number of rotatable bonds is 5. The average molecular weight is 286 g/mol. The molecule has 0 bridgehead atoms. The molecule has 2 aromatic heterocycles. The fourth-order valence-electron chi connectivity index (χ4n) is 1.91. The molecule has 0 aliphatic rings. The quantitative estimate of drug-likeness (QED) is 0.839. The number of carbonyl (C=O) groups is 1. The molecule has 0 aliphatic heterocycles. The van der Waals surface area contributed by atoms with Crippen molar-refractivity contribution in [2.45, 2.75) is 6.42 Å². The van der Waals surface area contributed by atoms with E-state index >= 15 is 0 Å². The van der Waals surface area contributed by atoms with Crippen LogP contribution in [0.5, 0.6) is 0 Å². The van der Waals surface area contributed by atoms with Crippen molar-refractivity contribution in [3.8, 4) is 0 Å². The van der Waals surface area contributed by atoms with Crippen molar-refractivity contribution in [1.82, 2.24) is 9.97 Å². The van der Waals surface area contributed by atoms with E-state index in [0.717, 1.165) is 13.0 Å². The number of pyridine rings is 2. The highest BCUT2D eigenvalue weighted by molar-refractivity contribution is 5.95. The fraction of sp³-hybridized carbons (Fsp3) is 0.267. The summed E-state index contributed by atoms with van der Waals surface area (Å²) in [5.74, 6) is 0.220. The van der Waals surface area contributed by atoms with Crippen molar-refractivity contribution >= 4 is 17.5 Å². The fourth-order valence-corrected chi connectivity index (χ4v) is 1.91. The Morgan fingerprint density at radius 2 is 2.10 bits per heavy atom. The Kier molecular flexibility index (Phi) is 4.71. The Morgan fingerprint density at radius 1 is 1.38 bits per heavy atom. The monoisotopic (exact) mass is 286 g/mol. The van der Waals surface area contributed by atoms with E-state index in [4.69, 9.17) is 10.5 Å². The highest BCUT2D eigenvalue weighted by atomic mass is 16.5. The molecule has 2 N–H and O–H groups in total. The summed E-state index contributed by atoms with van der Waals surface area (Å²) in [6.45, 7) is 0.765. The number of aromatic nitrogens is 2. The molecule has 2 heterocycles. The molecule has 6 nitrogen and oxygen atoms in total. The number of hydrogen-bond donors (Lipinski definition) is 1. The van der Waals surface area contributed by atoms with Crippen LogP contribution in [0.25, 0.3) is 0 Å². The van der Waals surface area contributed by atoms with Crippen molar-refractivity contribution in [2.24, 2.45) is 0 Å². The van der Waals surface area contributed by atoms with E-state index in [2.05, 4.69) is 9.97 Å². The smallest absolute Gasteiger partial charge is 0.340 e. The molecular formula is C15H18N4O2. The number of likely N-dealkylation sites (N-methyl/N-ethyl adjacent to an activating group) is 1. The van der Waals surface area contributed by atoms with Gasteiger partial charge in [0.2, 0.25) is 0 Å². The third-order valence-corrected chi connectivity index (χ3v) is 3.20. The summed E-state index contributed by atoms with van der Waals surface area (Å²) in [5.41, 5.74) is 7.58. The Balaban J connectivity index is 2.09. The summed E-state index contributed by atoms with van der Waals surface area (Å²) < 4.78 is 4.71. The van der Waals surface area contributed by atoms with Gasteiger partial charge < -0.3 is 15.4 Å². The van der Waals surface area contributed by atoms with Gasteiger partial charge in [0.25, 0.3) is 0 Å². The van der Waals surface area contributed by atoms with Gasteiger partial charge in [0, 0.05) is 26.0 Å². The van der Waals surface area contributed by atoms with Crippen LogP contribution in [0.1, 0.15) is 15.9 Å². The molecule has 0 atom stereocenters. The summed E-state index contributed by atoms with van der Waals surface area (Å²) in [7, 11) is 3.25. The molecule has 0 fully saturated rings. The van der Waals surface area contributed by atoms with E-state index in [1.165, 1.54) is 18.9 Å². The molecular weight excluding hydrogens is 268 g/mol. The normalized spacial score (nSPS) is 10.2. The topological polar surface area (TPSA) is 81.3 Å². The molecule has 21 heavy (non-hydrogen) atoms. The third-order valence-electron chi connectivity index (χ3n) is 3.20. The van der Waals surface area contributed by atoms with Crippen molar-refractivity contribution in [1.29, 1.82) is 0 Å². The van der Waals surface area contributed by atoms with Crippen molar-refractivity contribution < 1.29 is 9.53 Å². The Hall–Kier alpha value is -2.63. The first-order valence-corrected chi connectivity index (χ1v) is 6.55. The average Bonchev–Trinajstić information content (AvgIpc) is 2.53. The lowest BCUT2D eigenvalue weighted by atomic mass is 10.2. The lowest BCUT2D eigenvalue weighted by molar-refractivity contribution is 0.0602. The van der Waals surface area contributed by atoms with Crippen LogP contribution in [0.2, 0.25) is 0 Å². The van der Waals surface area contributed by atoms with Crippen molar-refractivity contribution in [2.75, 3.05) is 31.3 Å². The summed E-state index contributed by atoms with van der Waals surface area (Å²) in [6, 6.07) is 5.60. The lowest BCUT2D eigenvalue weighted by Crippen LogP contribution is -2.22. The van der Waals surface area contributed by atoms with Gasteiger partial charge in [0.05, 0.1) is 24.6 Å². The Morgan fingerprint density at radius 3 is 2.76 bits per heavy atom. The molecule has 0 radical (unpaired) electrons. The Bertz CT molecular complexity index is 616. The zero-order valence-corrected chi connectivity index (χ0v) is 12.1. The second-order valence-corrected chi connectivity index (χ2v) is 4.65. The molecule has 0 amide bonds. The van der Waals surface area contributed by atoms with Crippen molar-refractivity contribution in [3.05, 3.63) is 47.9 Å². The summed E-state index contributed by atoms with van der Waals surface area (Å²) in [4.78, 5) is 21.8. The number of anilines is 2. The SMILES string of the molecule is COC(=O)c1cc(N(C)CCc2ccncc2)ncc1N. The van der Waals surface area contributed by atoms with Crippen LogP contribution in [0.4, 0.5) is 11.5 Å². The van der Waals surface area contributed by atoms with E-state index < -0.39 is 5.97 Å². The van der Waals surface area contributed by atoms with E-state index in [0.29, 0.717) is 17.1 Å². The maximum absolute atomic E-state index is 11.6. The van der Waals surface area contributed by atoms with Crippen LogP contribution in [0.15, 0.2) is 36.8 Å². The minimum absolute atomic E-state index is 0.313. The largest absolute Gasteiger partial charge is 0.465 e. The number of nitrogens with two attached hydrogens (primary N) is 1. The molecule has 0 unspecified atom stereocenters. The van der Waals surface area contributed by atoms with Gasteiger partial charge >= 0.3 is 5.97 Å². The predicted octanol–water partition coefficient (Wildman–Crippen LogP) is 1.52. The van der Waals surface area contributed by atoms with Gasteiger partial charge in [-0.05, 0) is 30.2 Å². The Labute approximate surface area is 123 Å². The van der Waals surface area contributed by atoms with Gasteiger partial charge in [-0.2, -0.15) is 0 Å². The van der Waals surface area contributed by atoms with E-state index in [-0.39, 0.29) is 0 Å². The van der Waals surface area contributed by atoms with Crippen LogP contribution in [-0.2, 0) is 11.2 Å². The molecule has 0 saturated carbocycles. The number of esters is 1. The standard InChI is InChI=1S/C15H18N4O2/c1-19(8-5-11-3-6-17-7-4-11)14-9-12(15(20)21-2)13(16)10-18-14/h3-4,6-7,9-10H,5,8,16H2,1-2H3. The maximum atomic E-state index is 11.6. The first-order chi connectivity index (χ1) is 10.1. The molecule has 0 aromatic carbocycles. The summed E-state index contributed by atoms with van der Waals surface area (Å²) >= 11 is 0. The summed E-state index contributed by atoms with van der Waals surface area (Å²) in [6.07, 6.45) is 5.88. The van der Waals surface area contributed by atoms with Crippen LogP contribution in [-0.4, -0.2) is 36.6 Å². The summed E-state index contributed by atoms with van der Waals surface area (Å²) in [5, 5.41) is 0. The van der Waals surface area contributed by atoms with Gasteiger partial charge in [-0.3, -0.25) is 4.98 Å². The lowest BCUT2D eigenvalue weighted by Gasteiger charge is -2.19. The minimum Gasteiger partial charge on any atom is -0.465 e. The van der Waals surface area contributed by atoms with Crippen LogP contribution >= 0.6 is 0 Å². The zero-order valence-electron chi connectivity index (χ0n) is 12.1. The number of nitrogens with zero attached hydrogens (tertiary/aromatic N) is 3. The first-order valence-electron chi connectivity index (χ1n) is 6.55. The number of carbonyl (C=O) groups excluding carboxylic acids is 1. The van der Waals surface area contributed by atoms with Gasteiger partial charge in [0.1, 0.15) is 5.82 Å². The zero-order chi connectivity index (χ0) is 15.2. The van der Waals surface area contributed by atoms with Crippen LogP contribution in [0.3, 0.4) is 0 Å². The van der Waals surface area contributed by atoms with Crippen LogP contribution < -0.4 is 10.6 Å².